The molecule has 3 aromatic rings. The molecule has 5 rings (SSSR count). The molecular weight excluding hydrogens is 424 g/mol. The molecule has 7 nitrogen and oxygen atoms in total. The van der Waals surface area contributed by atoms with Crippen molar-refractivity contribution in [3.8, 4) is 12.3 Å². The first kappa shape index (κ1) is 22.4. The van der Waals surface area contributed by atoms with Gasteiger partial charge in [-0.25, -0.2) is 4.98 Å². The van der Waals surface area contributed by atoms with E-state index in [1.807, 2.05) is 11.5 Å². The highest BCUT2D eigenvalue weighted by Gasteiger charge is 2.23. The van der Waals surface area contributed by atoms with Crippen LogP contribution in [-0.2, 0) is 0 Å². The fraction of sp³-hybridized carbons (Fsp3) is 0.444. The molecule has 7 heteroatoms. The van der Waals surface area contributed by atoms with Crippen molar-refractivity contribution >= 4 is 28.4 Å². The van der Waals surface area contributed by atoms with Crippen molar-refractivity contribution in [2.75, 3.05) is 43.4 Å². The van der Waals surface area contributed by atoms with Crippen molar-refractivity contribution in [3.05, 3.63) is 51.9 Å². The van der Waals surface area contributed by atoms with Gasteiger partial charge in [0.2, 0.25) is 5.95 Å². The number of aromatic nitrogens is 3. The van der Waals surface area contributed by atoms with Crippen LogP contribution in [0.15, 0.2) is 35.3 Å². The third kappa shape index (κ3) is 4.26. The third-order valence-electron chi connectivity index (χ3n) is 7.26. The number of fused-ring (bicyclic) bond motifs is 1. The van der Waals surface area contributed by atoms with Crippen LogP contribution >= 0.6 is 0 Å². The van der Waals surface area contributed by atoms with E-state index in [2.05, 4.69) is 57.3 Å². The molecular formula is C27H32N6O. The lowest BCUT2D eigenvalue weighted by molar-refractivity contribution is 0.313. The quantitative estimate of drug-likeness (QED) is 0.597. The van der Waals surface area contributed by atoms with Gasteiger partial charge in [0.25, 0.3) is 5.56 Å². The Morgan fingerprint density at radius 1 is 1.06 bits per heavy atom. The molecule has 1 N–H and O–H groups in total. The zero-order chi connectivity index (χ0) is 23.7. The summed E-state index contributed by atoms with van der Waals surface area (Å²) in [7, 11) is 2.16. The monoisotopic (exact) mass is 456 g/mol. The molecule has 2 aromatic heterocycles. The Kier molecular flexibility index (Phi) is 6.25. The van der Waals surface area contributed by atoms with Gasteiger partial charge in [-0.1, -0.05) is 25.2 Å². The average Bonchev–Trinajstić information content (AvgIpc) is 2.87. The Morgan fingerprint density at radius 3 is 2.44 bits per heavy atom. The fourth-order valence-corrected chi connectivity index (χ4v) is 5.19. The Balaban J connectivity index is 1.47. The predicted molar refractivity (Wildman–Crippen MR) is 138 cm³/mol. The largest absolute Gasteiger partial charge is 0.369 e. The maximum atomic E-state index is 13.3. The number of pyridine rings is 1. The molecule has 3 heterocycles. The summed E-state index contributed by atoms with van der Waals surface area (Å²) < 4.78 is 1.87. The maximum absolute atomic E-state index is 13.3. The first-order valence-electron chi connectivity index (χ1n) is 12.2. The molecule has 0 amide bonds. The lowest BCUT2D eigenvalue weighted by Crippen LogP contribution is -2.44. The number of piperazine rings is 1. The molecule has 0 bridgehead atoms. The minimum atomic E-state index is -0.0338. The van der Waals surface area contributed by atoms with Crippen LogP contribution in [0.5, 0.6) is 0 Å². The first-order chi connectivity index (χ1) is 16.5. The van der Waals surface area contributed by atoms with Crippen LogP contribution in [-0.4, -0.2) is 52.7 Å². The second kappa shape index (κ2) is 9.47. The smallest absolute Gasteiger partial charge is 0.256 e. The Bertz CT molecular complexity index is 1280. The van der Waals surface area contributed by atoms with E-state index in [1.54, 1.807) is 6.20 Å². The molecule has 2 aliphatic rings. The predicted octanol–water partition coefficient (Wildman–Crippen LogP) is 4.08. The summed E-state index contributed by atoms with van der Waals surface area (Å²) in [5.74, 6) is 3.17. The molecule has 0 spiro atoms. The molecule has 176 valence electrons. The number of nitrogens with zero attached hydrogens (tertiary/aromatic N) is 5. The van der Waals surface area contributed by atoms with Crippen LogP contribution in [0.4, 0.5) is 17.3 Å². The van der Waals surface area contributed by atoms with Crippen LogP contribution in [0.3, 0.4) is 0 Å². The zero-order valence-electron chi connectivity index (χ0n) is 20.0. The first-order valence-corrected chi connectivity index (χ1v) is 12.2. The molecule has 0 unspecified atom stereocenters. The van der Waals surface area contributed by atoms with Crippen molar-refractivity contribution in [1.29, 1.82) is 0 Å². The van der Waals surface area contributed by atoms with E-state index < -0.39 is 0 Å². The summed E-state index contributed by atoms with van der Waals surface area (Å²) in [5, 5.41) is 4.08. The van der Waals surface area contributed by atoms with E-state index in [-0.39, 0.29) is 11.6 Å². The molecule has 34 heavy (non-hydrogen) atoms. The van der Waals surface area contributed by atoms with Gasteiger partial charge < -0.3 is 15.1 Å². The van der Waals surface area contributed by atoms with Crippen molar-refractivity contribution in [3.63, 3.8) is 0 Å². The normalized spacial score (nSPS) is 17.6. The fourth-order valence-electron chi connectivity index (χ4n) is 5.19. The van der Waals surface area contributed by atoms with Crippen molar-refractivity contribution in [2.45, 2.75) is 45.1 Å². The minimum absolute atomic E-state index is 0.0338. The van der Waals surface area contributed by atoms with Crippen molar-refractivity contribution in [1.82, 2.24) is 19.4 Å². The highest BCUT2D eigenvalue weighted by molar-refractivity contribution is 5.84. The summed E-state index contributed by atoms with van der Waals surface area (Å²) in [6.07, 6.45) is 13.0. The number of rotatable bonds is 4. The lowest BCUT2D eigenvalue weighted by Gasteiger charge is -2.34. The third-order valence-corrected chi connectivity index (χ3v) is 7.26. The molecule has 1 aromatic carbocycles. The van der Waals surface area contributed by atoms with E-state index in [1.165, 1.54) is 12.1 Å². The van der Waals surface area contributed by atoms with Gasteiger partial charge >= 0.3 is 0 Å². The molecule has 1 saturated heterocycles. The van der Waals surface area contributed by atoms with Gasteiger partial charge in [0.05, 0.1) is 5.39 Å². The second-order valence-corrected chi connectivity index (χ2v) is 9.50. The van der Waals surface area contributed by atoms with Crippen LogP contribution in [0, 0.1) is 19.3 Å². The minimum Gasteiger partial charge on any atom is -0.369 e. The van der Waals surface area contributed by atoms with Crippen LogP contribution in [0.2, 0.25) is 0 Å². The van der Waals surface area contributed by atoms with Gasteiger partial charge in [-0.05, 0) is 51.1 Å². The van der Waals surface area contributed by atoms with Crippen LogP contribution in [0.1, 0.15) is 49.3 Å². The topological polar surface area (TPSA) is 66.3 Å². The van der Waals surface area contributed by atoms with E-state index in [9.17, 15) is 4.79 Å². The number of hydrogen-bond donors (Lipinski definition) is 1. The van der Waals surface area contributed by atoms with E-state index in [0.717, 1.165) is 62.9 Å². The van der Waals surface area contributed by atoms with E-state index in [4.69, 9.17) is 11.4 Å². The van der Waals surface area contributed by atoms with Gasteiger partial charge in [0.1, 0.15) is 5.65 Å². The molecule has 1 aliphatic heterocycles. The SMILES string of the molecule is C#Cc1c(C)c(=O)n(C2CCCCC2)c2nc(Nc3ccc(N4CCN(C)CC4)cc3)ncc12. The van der Waals surface area contributed by atoms with Gasteiger partial charge in [0.15, 0.2) is 0 Å². The van der Waals surface area contributed by atoms with Crippen molar-refractivity contribution < 1.29 is 0 Å². The Morgan fingerprint density at radius 2 is 1.76 bits per heavy atom. The second-order valence-electron chi connectivity index (χ2n) is 9.50. The molecule has 1 saturated carbocycles. The molecule has 1 aliphatic carbocycles. The number of benzene rings is 1. The van der Waals surface area contributed by atoms with Gasteiger partial charge in [-0.15, -0.1) is 6.42 Å². The van der Waals surface area contributed by atoms with Gasteiger partial charge in [0, 0.05) is 60.9 Å². The van der Waals surface area contributed by atoms with Gasteiger partial charge in [-0.3, -0.25) is 9.36 Å². The lowest BCUT2D eigenvalue weighted by atomic mass is 9.94. The molecule has 0 radical (unpaired) electrons. The summed E-state index contributed by atoms with van der Waals surface area (Å²) in [5.41, 5.74) is 3.92. The summed E-state index contributed by atoms with van der Waals surface area (Å²) in [6.45, 7) is 6.03. The molecule has 2 fully saturated rings. The number of likely N-dealkylation sites (N-methyl/N-ethyl adjacent to an activating group) is 1. The standard InChI is InChI=1S/C27H32N6O/c1-4-23-19(2)26(34)33(22-8-6-5-7-9-22)25-24(23)18-28-27(30-25)29-20-10-12-21(13-11-20)32-16-14-31(3)15-17-32/h1,10-13,18,22H,5-9,14-17H2,2-3H3,(H,28,29,30). The van der Waals surface area contributed by atoms with Gasteiger partial charge in [-0.2, -0.15) is 4.98 Å². The average molecular weight is 457 g/mol. The van der Waals surface area contributed by atoms with Crippen LogP contribution < -0.4 is 15.8 Å². The number of nitrogens with one attached hydrogen (secondary N) is 1. The summed E-state index contributed by atoms with van der Waals surface area (Å²) >= 11 is 0. The molecule has 0 atom stereocenters. The van der Waals surface area contributed by atoms with Crippen molar-refractivity contribution in [2.24, 2.45) is 0 Å². The Labute approximate surface area is 200 Å². The van der Waals surface area contributed by atoms with Crippen LogP contribution in [0.25, 0.3) is 11.0 Å². The number of anilines is 3. The summed E-state index contributed by atoms with van der Waals surface area (Å²) in [4.78, 5) is 27.4. The highest BCUT2D eigenvalue weighted by atomic mass is 16.1. The highest BCUT2D eigenvalue weighted by Crippen LogP contribution is 2.31. The Hall–Kier alpha value is -3.37. The van der Waals surface area contributed by atoms with E-state index >= 15 is 0 Å². The zero-order valence-corrected chi connectivity index (χ0v) is 20.0. The van der Waals surface area contributed by atoms with E-state index in [0.29, 0.717) is 22.7 Å². The summed E-state index contributed by atoms with van der Waals surface area (Å²) in [6, 6.07) is 8.52. The number of terminal acetylenes is 1. The number of hydrogen-bond acceptors (Lipinski definition) is 6. The maximum Gasteiger partial charge on any atom is 0.256 e.